The lowest BCUT2D eigenvalue weighted by molar-refractivity contribution is -0.384. The molecule has 0 aromatic heterocycles. The van der Waals surface area contributed by atoms with Crippen molar-refractivity contribution in [2.45, 2.75) is 0 Å². The number of non-ortho nitro benzene ring substituents is 1. The summed E-state index contributed by atoms with van der Waals surface area (Å²) >= 11 is 6.15. The van der Waals surface area contributed by atoms with Crippen LogP contribution in [0, 0.1) is 10.1 Å². The molecule has 0 unspecified atom stereocenters. The number of hydrogen-bond acceptors (Lipinski definition) is 6. The van der Waals surface area contributed by atoms with Gasteiger partial charge in [0.05, 0.1) is 26.9 Å². The van der Waals surface area contributed by atoms with Gasteiger partial charge in [-0.25, -0.2) is 0 Å². The zero-order valence-electron chi connectivity index (χ0n) is 14.8. The minimum absolute atomic E-state index is 0.116. The van der Waals surface area contributed by atoms with Gasteiger partial charge in [0.15, 0.2) is 11.5 Å². The molecule has 8 nitrogen and oxygen atoms in total. The lowest BCUT2D eigenvalue weighted by atomic mass is 10.1. The second-order valence-electron chi connectivity index (χ2n) is 6.11. The van der Waals surface area contributed by atoms with Gasteiger partial charge >= 0.3 is 0 Å². The molecule has 29 heavy (non-hydrogen) atoms. The highest BCUT2D eigenvalue weighted by Gasteiger charge is 2.17. The quantitative estimate of drug-likeness (QED) is 0.453. The third kappa shape index (κ3) is 3.92. The number of ether oxygens (including phenoxy) is 2. The molecule has 0 saturated carbocycles. The number of nitrogens with one attached hydrogen (secondary N) is 2. The molecule has 1 aliphatic heterocycles. The summed E-state index contributed by atoms with van der Waals surface area (Å²) in [4.78, 5) is 23.2. The molecule has 1 aliphatic rings. The number of para-hydroxylation sites is 1. The summed E-state index contributed by atoms with van der Waals surface area (Å²) in [5.41, 5.74) is 1.76. The van der Waals surface area contributed by atoms with Crippen molar-refractivity contribution in [2.75, 3.05) is 17.4 Å². The molecule has 3 aromatic carbocycles. The Labute approximate surface area is 170 Å². The van der Waals surface area contributed by atoms with Gasteiger partial charge < -0.3 is 20.1 Å². The third-order valence-corrected chi connectivity index (χ3v) is 4.55. The number of fused-ring (bicyclic) bond motifs is 1. The van der Waals surface area contributed by atoms with E-state index < -0.39 is 4.92 Å². The van der Waals surface area contributed by atoms with E-state index in [0.29, 0.717) is 34.1 Å². The van der Waals surface area contributed by atoms with Crippen LogP contribution in [0.1, 0.15) is 10.4 Å². The maximum Gasteiger partial charge on any atom is 0.271 e. The summed E-state index contributed by atoms with van der Waals surface area (Å²) in [5, 5.41) is 16.9. The van der Waals surface area contributed by atoms with E-state index >= 15 is 0 Å². The van der Waals surface area contributed by atoms with Crippen LogP contribution in [-0.2, 0) is 0 Å². The average Bonchev–Trinajstić information content (AvgIpc) is 3.17. The molecule has 0 radical (unpaired) electrons. The van der Waals surface area contributed by atoms with Gasteiger partial charge in [-0.05, 0) is 30.3 Å². The van der Waals surface area contributed by atoms with E-state index in [4.69, 9.17) is 21.1 Å². The molecule has 146 valence electrons. The molecule has 1 amide bonds. The predicted octanol–water partition coefficient (Wildman–Crippen LogP) is 4.97. The minimum atomic E-state index is -0.525. The van der Waals surface area contributed by atoms with E-state index in [2.05, 4.69) is 10.6 Å². The fourth-order valence-corrected chi connectivity index (χ4v) is 3.05. The molecule has 0 atom stereocenters. The molecule has 9 heteroatoms. The minimum Gasteiger partial charge on any atom is -0.454 e. The molecule has 0 bridgehead atoms. The van der Waals surface area contributed by atoms with Crippen molar-refractivity contribution in [2.24, 2.45) is 0 Å². The largest absolute Gasteiger partial charge is 0.454 e. The number of carbonyl (C=O) groups excluding carboxylic acids is 1. The van der Waals surface area contributed by atoms with E-state index in [-0.39, 0.29) is 23.4 Å². The maximum absolute atomic E-state index is 12.8. The van der Waals surface area contributed by atoms with Gasteiger partial charge in [-0.3, -0.25) is 14.9 Å². The van der Waals surface area contributed by atoms with Gasteiger partial charge in [0.2, 0.25) is 6.79 Å². The summed E-state index contributed by atoms with van der Waals surface area (Å²) in [5.74, 6) is 0.842. The van der Waals surface area contributed by atoms with E-state index in [9.17, 15) is 14.9 Å². The number of carbonyl (C=O) groups is 1. The van der Waals surface area contributed by atoms with Crippen LogP contribution in [0.2, 0.25) is 5.02 Å². The molecule has 0 fully saturated rings. The van der Waals surface area contributed by atoms with Gasteiger partial charge in [0.1, 0.15) is 0 Å². The van der Waals surface area contributed by atoms with Crippen molar-refractivity contribution in [1.82, 2.24) is 0 Å². The maximum atomic E-state index is 12.8. The van der Waals surface area contributed by atoms with Crippen LogP contribution in [0.4, 0.5) is 22.7 Å². The number of nitrogens with zero attached hydrogens (tertiary/aromatic N) is 1. The molecular weight excluding hydrogens is 398 g/mol. The number of anilines is 3. The predicted molar refractivity (Wildman–Crippen MR) is 108 cm³/mol. The molecule has 4 rings (SSSR count). The molecule has 0 aliphatic carbocycles. The van der Waals surface area contributed by atoms with Gasteiger partial charge in [0, 0.05) is 23.9 Å². The first-order valence-corrected chi connectivity index (χ1v) is 8.90. The molecule has 2 N–H and O–H groups in total. The summed E-state index contributed by atoms with van der Waals surface area (Å²) in [6.07, 6.45) is 0. The van der Waals surface area contributed by atoms with E-state index in [1.54, 1.807) is 42.5 Å². The van der Waals surface area contributed by atoms with Crippen LogP contribution in [0.3, 0.4) is 0 Å². The zero-order chi connectivity index (χ0) is 20.4. The first-order chi connectivity index (χ1) is 14.0. The van der Waals surface area contributed by atoms with Crippen LogP contribution >= 0.6 is 11.6 Å². The van der Waals surface area contributed by atoms with Crippen LogP contribution in [-0.4, -0.2) is 17.6 Å². The van der Waals surface area contributed by atoms with Gasteiger partial charge in [0.25, 0.3) is 11.6 Å². The molecule has 3 aromatic rings. The summed E-state index contributed by atoms with van der Waals surface area (Å²) in [7, 11) is 0. The number of rotatable bonds is 5. The summed E-state index contributed by atoms with van der Waals surface area (Å²) in [6.45, 7) is 0.148. The van der Waals surface area contributed by atoms with Crippen LogP contribution in [0.15, 0.2) is 60.7 Å². The highest BCUT2D eigenvalue weighted by molar-refractivity contribution is 6.33. The molecule has 0 spiro atoms. The summed E-state index contributed by atoms with van der Waals surface area (Å²) in [6, 6.07) is 16.1. The Kier molecular flexibility index (Phi) is 4.92. The van der Waals surface area contributed by atoms with Crippen molar-refractivity contribution in [3.63, 3.8) is 0 Å². The second-order valence-corrected chi connectivity index (χ2v) is 6.52. The third-order valence-electron chi connectivity index (χ3n) is 4.23. The second kappa shape index (κ2) is 7.69. The van der Waals surface area contributed by atoms with Crippen LogP contribution in [0.5, 0.6) is 11.5 Å². The highest BCUT2D eigenvalue weighted by atomic mass is 35.5. The van der Waals surface area contributed by atoms with Crippen LogP contribution < -0.4 is 20.1 Å². The number of amides is 1. The van der Waals surface area contributed by atoms with Crippen molar-refractivity contribution in [3.8, 4) is 11.5 Å². The van der Waals surface area contributed by atoms with E-state index in [0.717, 1.165) is 0 Å². The Morgan fingerprint density at radius 3 is 2.59 bits per heavy atom. The number of nitro groups is 1. The number of hydrogen-bond donors (Lipinski definition) is 2. The van der Waals surface area contributed by atoms with Crippen molar-refractivity contribution in [1.29, 1.82) is 0 Å². The van der Waals surface area contributed by atoms with Gasteiger partial charge in [-0.1, -0.05) is 23.7 Å². The molecule has 1 heterocycles. The Hall–Kier alpha value is -3.78. The lowest BCUT2D eigenvalue weighted by Crippen LogP contribution is -2.13. The fraction of sp³-hybridized carbons (Fsp3) is 0.0500. The Bertz CT molecular complexity index is 1120. The first kappa shape index (κ1) is 18.6. The topological polar surface area (TPSA) is 103 Å². The Balaban J connectivity index is 1.56. The zero-order valence-corrected chi connectivity index (χ0v) is 15.6. The first-order valence-electron chi connectivity index (χ1n) is 8.52. The Morgan fingerprint density at radius 2 is 1.79 bits per heavy atom. The van der Waals surface area contributed by atoms with Crippen LogP contribution in [0.25, 0.3) is 0 Å². The van der Waals surface area contributed by atoms with Crippen molar-refractivity contribution < 1.29 is 19.2 Å². The lowest BCUT2D eigenvalue weighted by Gasteiger charge is -2.13. The number of halogens is 1. The molecular formula is C20H14ClN3O5. The van der Waals surface area contributed by atoms with E-state index in [1.165, 1.54) is 18.2 Å². The van der Waals surface area contributed by atoms with Gasteiger partial charge in [-0.2, -0.15) is 0 Å². The van der Waals surface area contributed by atoms with Gasteiger partial charge in [-0.15, -0.1) is 0 Å². The number of benzene rings is 3. The van der Waals surface area contributed by atoms with Crippen molar-refractivity contribution >= 4 is 40.3 Å². The summed E-state index contributed by atoms with van der Waals surface area (Å²) < 4.78 is 10.6. The standard InChI is InChI=1S/C20H14ClN3O5/c21-15-10-13(24(26)27)6-7-17(15)23-16-4-2-1-3-14(16)20(25)22-12-5-8-18-19(9-12)29-11-28-18/h1-10,23H,11H2,(H,22,25). The normalized spacial score (nSPS) is 11.8. The highest BCUT2D eigenvalue weighted by Crippen LogP contribution is 2.35. The SMILES string of the molecule is O=C(Nc1ccc2c(c1)OCO2)c1ccccc1Nc1ccc([N+](=O)[O-])cc1Cl. The molecule has 0 saturated heterocycles. The monoisotopic (exact) mass is 411 g/mol. The van der Waals surface area contributed by atoms with E-state index in [1.807, 2.05) is 0 Å². The van der Waals surface area contributed by atoms with Crippen molar-refractivity contribution in [3.05, 3.63) is 81.4 Å². The smallest absolute Gasteiger partial charge is 0.271 e. The Morgan fingerprint density at radius 1 is 1.00 bits per heavy atom. The number of nitro benzene ring substituents is 1. The average molecular weight is 412 g/mol. The fourth-order valence-electron chi connectivity index (χ4n) is 2.83.